The highest BCUT2D eigenvalue weighted by Gasteiger charge is 2.35. The number of aromatic nitrogens is 4. The van der Waals surface area contributed by atoms with Gasteiger partial charge in [-0.2, -0.15) is 10.2 Å². The predicted octanol–water partition coefficient (Wildman–Crippen LogP) is 4.03. The van der Waals surface area contributed by atoms with E-state index in [1.54, 1.807) is 18.2 Å². The van der Waals surface area contributed by atoms with Gasteiger partial charge in [-0.25, -0.2) is 4.98 Å². The largest absolute Gasteiger partial charge is 0.423 e. The van der Waals surface area contributed by atoms with Crippen LogP contribution < -0.4 is 16.0 Å². The van der Waals surface area contributed by atoms with Crippen molar-refractivity contribution < 1.29 is 14.0 Å². The van der Waals surface area contributed by atoms with Crippen LogP contribution in [0.3, 0.4) is 0 Å². The highest BCUT2D eigenvalue weighted by Crippen LogP contribution is 2.33. The number of fused-ring (bicyclic) bond motifs is 1. The van der Waals surface area contributed by atoms with Gasteiger partial charge in [-0.3, -0.25) is 9.59 Å². The van der Waals surface area contributed by atoms with E-state index in [4.69, 9.17) is 16.0 Å². The molecule has 0 radical (unpaired) electrons. The second-order valence-corrected chi connectivity index (χ2v) is 8.80. The Balaban J connectivity index is 1.51. The molecule has 0 spiro atoms. The van der Waals surface area contributed by atoms with Crippen LogP contribution in [0.4, 0.5) is 17.5 Å². The third-order valence-electron chi connectivity index (χ3n) is 5.59. The first-order valence-corrected chi connectivity index (χ1v) is 11.0. The molecule has 0 saturated heterocycles. The molecule has 1 aliphatic heterocycles. The Bertz CT molecular complexity index is 1560. The molecule has 2 aromatic carbocycles. The molecule has 12 heteroatoms. The molecule has 0 unspecified atom stereocenters. The fourth-order valence-electron chi connectivity index (χ4n) is 3.89. The van der Waals surface area contributed by atoms with Crippen LogP contribution >= 0.6 is 11.6 Å². The average molecular weight is 501 g/mol. The molecule has 2 aromatic heterocycles. The molecule has 4 aromatic rings. The molecule has 178 valence electrons. The Kier molecular flexibility index (Phi) is 5.58. The monoisotopic (exact) mass is 500 g/mol. The summed E-state index contributed by atoms with van der Waals surface area (Å²) < 4.78 is 5.27. The third kappa shape index (κ3) is 4.10. The summed E-state index contributed by atoms with van der Waals surface area (Å²) in [5.74, 6) is -0.484. The summed E-state index contributed by atoms with van der Waals surface area (Å²) in [6.45, 7) is 3.82. The second-order valence-electron chi connectivity index (χ2n) is 8.39. The number of nitrogens with one attached hydrogen (secondary N) is 3. The van der Waals surface area contributed by atoms with E-state index in [9.17, 15) is 14.9 Å². The summed E-state index contributed by atoms with van der Waals surface area (Å²) in [7, 11) is 0. The summed E-state index contributed by atoms with van der Waals surface area (Å²) >= 11 is 6.20. The maximum absolute atomic E-state index is 13.1. The van der Waals surface area contributed by atoms with Crippen molar-refractivity contribution in [3.05, 3.63) is 76.3 Å². The van der Waals surface area contributed by atoms with Crippen molar-refractivity contribution in [3.8, 4) is 17.5 Å². The first-order valence-electron chi connectivity index (χ1n) is 10.6. The van der Waals surface area contributed by atoms with E-state index < -0.39 is 11.4 Å². The Morgan fingerprint density at radius 1 is 1.22 bits per heavy atom. The Labute approximate surface area is 209 Å². The van der Waals surface area contributed by atoms with Gasteiger partial charge in [-0.05, 0) is 49.7 Å². The van der Waals surface area contributed by atoms with Crippen molar-refractivity contribution in [1.82, 2.24) is 25.5 Å². The van der Waals surface area contributed by atoms with Crippen LogP contribution in [0.15, 0.2) is 53.4 Å². The molecule has 0 bridgehead atoms. The smallest absolute Gasteiger partial charge is 0.259 e. The quantitative estimate of drug-likeness (QED) is 0.367. The number of nitrogens with zero attached hydrogens (tertiary/aromatic N) is 5. The molecule has 11 nitrogen and oxygen atoms in total. The first-order chi connectivity index (χ1) is 17.3. The Morgan fingerprint density at radius 2 is 2.06 bits per heavy atom. The van der Waals surface area contributed by atoms with Crippen molar-refractivity contribution in [3.63, 3.8) is 0 Å². The van der Waals surface area contributed by atoms with Gasteiger partial charge in [0.1, 0.15) is 11.6 Å². The van der Waals surface area contributed by atoms with E-state index in [1.165, 1.54) is 18.3 Å². The summed E-state index contributed by atoms with van der Waals surface area (Å²) in [4.78, 5) is 34.0. The fourth-order valence-corrected chi connectivity index (χ4v) is 4.15. The number of carbonyl (C=O) groups excluding carboxylic acids is 2. The van der Waals surface area contributed by atoms with E-state index in [1.807, 2.05) is 26.0 Å². The molecule has 0 fully saturated rings. The molecular formula is C24H17ClN8O3. The SMILES string of the molecule is CC1(C)NC(=O)c2ccc(Nc3ncc(-c4nnco4)c(NC(=O)c4c(Cl)cccc4C#N)n3)cc21. The zero-order valence-corrected chi connectivity index (χ0v) is 19.7. The molecule has 0 atom stereocenters. The zero-order chi connectivity index (χ0) is 25.4. The van der Waals surface area contributed by atoms with Gasteiger partial charge in [0.2, 0.25) is 12.3 Å². The van der Waals surface area contributed by atoms with Crippen molar-refractivity contribution >= 4 is 40.9 Å². The lowest BCUT2D eigenvalue weighted by molar-refractivity contribution is 0.0939. The van der Waals surface area contributed by atoms with Crippen LogP contribution in [0, 0.1) is 11.3 Å². The van der Waals surface area contributed by atoms with Gasteiger partial charge in [0.05, 0.1) is 21.7 Å². The third-order valence-corrected chi connectivity index (χ3v) is 5.91. The van der Waals surface area contributed by atoms with Crippen molar-refractivity contribution in [2.24, 2.45) is 0 Å². The number of rotatable bonds is 5. The minimum atomic E-state index is -0.647. The molecule has 36 heavy (non-hydrogen) atoms. The van der Waals surface area contributed by atoms with Crippen LogP contribution in [-0.2, 0) is 5.54 Å². The molecule has 3 heterocycles. The lowest BCUT2D eigenvalue weighted by atomic mass is 9.94. The standard InChI is InChI=1S/C24H17ClN8O3/c1-24(2)16-8-13(6-7-14(16)20(34)32-24)29-23-27-10-15(22-33-28-11-36-22)19(31-23)30-21(35)18-12(9-26)4-3-5-17(18)25/h3-8,10-11H,1-2H3,(H,32,34)(H2,27,29,30,31,35). The number of amides is 2. The van der Waals surface area contributed by atoms with Gasteiger partial charge in [-0.1, -0.05) is 17.7 Å². The van der Waals surface area contributed by atoms with Crippen molar-refractivity contribution in [2.75, 3.05) is 10.6 Å². The van der Waals surface area contributed by atoms with E-state index in [2.05, 4.69) is 36.1 Å². The maximum Gasteiger partial charge on any atom is 0.259 e. The van der Waals surface area contributed by atoms with Crippen LogP contribution in [0.25, 0.3) is 11.5 Å². The summed E-state index contributed by atoms with van der Waals surface area (Å²) in [5, 5.41) is 25.7. The molecule has 0 aliphatic carbocycles. The van der Waals surface area contributed by atoms with Gasteiger partial charge in [0.15, 0.2) is 5.82 Å². The summed E-state index contributed by atoms with van der Waals surface area (Å²) in [6, 6.07) is 11.8. The van der Waals surface area contributed by atoms with E-state index in [0.717, 1.165) is 12.0 Å². The lowest BCUT2D eigenvalue weighted by Gasteiger charge is -2.19. The van der Waals surface area contributed by atoms with E-state index in [0.29, 0.717) is 11.3 Å². The molecular weight excluding hydrogens is 484 g/mol. The molecule has 0 saturated carbocycles. The summed E-state index contributed by atoms with van der Waals surface area (Å²) in [5.41, 5.74) is 1.91. The number of anilines is 3. The summed E-state index contributed by atoms with van der Waals surface area (Å²) in [6.07, 6.45) is 2.55. The van der Waals surface area contributed by atoms with Gasteiger partial charge in [0, 0.05) is 17.4 Å². The molecule has 2 amide bonds. The molecule has 3 N–H and O–H groups in total. The number of carbonyl (C=O) groups is 2. The minimum absolute atomic E-state index is 0.00397. The van der Waals surface area contributed by atoms with Crippen LogP contribution in [-0.4, -0.2) is 32.0 Å². The van der Waals surface area contributed by atoms with Gasteiger partial charge in [-0.15, -0.1) is 10.2 Å². The maximum atomic E-state index is 13.1. The highest BCUT2D eigenvalue weighted by atomic mass is 35.5. The fraction of sp³-hybridized carbons (Fsp3) is 0.125. The van der Waals surface area contributed by atoms with Crippen molar-refractivity contribution in [2.45, 2.75) is 19.4 Å². The van der Waals surface area contributed by atoms with Gasteiger partial charge >= 0.3 is 0 Å². The number of benzene rings is 2. The Hall–Kier alpha value is -4.82. The highest BCUT2D eigenvalue weighted by molar-refractivity contribution is 6.34. The lowest BCUT2D eigenvalue weighted by Crippen LogP contribution is -2.32. The first kappa shape index (κ1) is 22.9. The predicted molar refractivity (Wildman–Crippen MR) is 130 cm³/mol. The molecule has 1 aliphatic rings. The zero-order valence-electron chi connectivity index (χ0n) is 19.0. The molecule has 5 rings (SSSR count). The normalized spacial score (nSPS) is 13.4. The van der Waals surface area contributed by atoms with Gasteiger partial charge in [0.25, 0.3) is 17.7 Å². The van der Waals surface area contributed by atoms with Crippen LogP contribution in [0.5, 0.6) is 0 Å². The Morgan fingerprint density at radius 3 is 2.81 bits per heavy atom. The number of halogens is 1. The number of nitriles is 1. The second kappa shape index (κ2) is 8.75. The van der Waals surface area contributed by atoms with E-state index in [-0.39, 0.29) is 45.3 Å². The number of hydrogen-bond acceptors (Lipinski definition) is 9. The number of hydrogen-bond donors (Lipinski definition) is 3. The van der Waals surface area contributed by atoms with Crippen molar-refractivity contribution in [1.29, 1.82) is 5.26 Å². The van der Waals surface area contributed by atoms with Gasteiger partial charge < -0.3 is 20.4 Å². The average Bonchev–Trinajstić information content (AvgIpc) is 3.45. The van der Waals surface area contributed by atoms with Crippen LogP contribution in [0.1, 0.15) is 45.7 Å². The van der Waals surface area contributed by atoms with Crippen LogP contribution in [0.2, 0.25) is 5.02 Å². The minimum Gasteiger partial charge on any atom is -0.423 e. The topological polar surface area (TPSA) is 159 Å². The van der Waals surface area contributed by atoms with E-state index >= 15 is 0 Å².